The summed E-state index contributed by atoms with van der Waals surface area (Å²) < 4.78 is 35.1. The number of fused-ring (bicyclic) bond motifs is 2. The second kappa shape index (κ2) is 7.35. The normalized spacial score (nSPS) is 33.7. The van der Waals surface area contributed by atoms with Crippen LogP contribution in [-0.4, -0.2) is 59.8 Å². The van der Waals surface area contributed by atoms with Crippen molar-refractivity contribution in [3.05, 3.63) is 17.5 Å². The van der Waals surface area contributed by atoms with Crippen LogP contribution >= 0.6 is 0 Å². The van der Waals surface area contributed by atoms with Crippen LogP contribution in [0, 0.1) is 11.8 Å². The van der Waals surface area contributed by atoms with Crippen LogP contribution in [0.25, 0.3) is 0 Å². The first-order valence-electron chi connectivity index (χ1n) is 10.9. The zero-order valence-corrected chi connectivity index (χ0v) is 17.7. The summed E-state index contributed by atoms with van der Waals surface area (Å²) in [7, 11) is -3.44. The molecule has 5 rings (SSSR count). The second-order valence-corrected chi connectivity index (χ2v) is 11.3. The van der Waals surface area contributed by atoms with Crippen LogP contribution in [0.2, 0.25) is 0 Å². The van der Waals surface area contributed by atoms with Crippen LogP contribution in [0.4, 0.5) is 0 Å². The molecule has 4 atom stereocenters. The molecule has 2 aliphatic heterocycles. The number of aromatic nitrogens is 1. The minimum atomic E-state index is -3.44. The first-order valence-corrected chi connectivity index (χ1v) is 12.3. The smallest absolute Gasteiger partial charge is 0.282 e. The number of carbonyl (C=O) groups excluding carboxylic acids is 1. The standard InChI is InChI=1S/C20H30N4O4S/c1-13-8-17(21-20(25)18-10-19(28-22-18)16-4-5-16)6-7-24(13)29(26,27)23-11-14-2-3-15(9-14)12-23/h10,13-17H,2-9,11-12H2,1H3,(H,21,25)/t13-,14-,15+,17-/m0/s1. The lowest BCUT2D eigenvalue weighted by atomic mass is 10.0. The molecule has 2 saturated heterocycles. The Kier molecular flexibility index (Phi) is 4.95. The zero-order valence-electron chi connectivity index (χ0n) is 16.9. The molecule has 4 aliphatic rings. The highest BCUT2D eigenvalue weighted by Crippen LogP contribution is 2.40. The number of amides is 1. The van der Waals surface area contributed by atoms with Crippen molar-refractivity contribution < 1.29 is 17.7 Å². The van der Waals surface area contributed by atoms with E-state index >= 15 is 0 Å². The minimum Gasteiger partial charge on any atom is -0.360 e. The van der Waals surface area contributed by atoms with Gasteiger partial charge in [0.15, 0.2) is 5.69 Å². The molecule has 29 heavy (non-hydrogen) atoms. The van der Waals surface area contributed by atoms with Crippen molar-refractivity contribution in [2.45, 2.75) is 69.9 Å². The number of nitrogens with one attached hydrogen (secondary N) is 1. The molecule has 9 heteroatoms. The molecule has 2 aliphatic carbocycles. The third-order valence-electron chi connectivity index (χ3n) is 7.09. The summed E-state index contributed by atoms with van der Waals surface area (Å²) in [6, 6.07) is 1.54. The highest BCUT2D eigenvalue weighted by molar-refractivity contribution is 7.86. The Labute approximate surface area is 172 Å². The van der Waals surface area contributed by atoms with Gasteiger partial charge in [0, 0.05) is 43.7 Å². The third kappa shape index (κ3) is 3.84. The van der Waals surface area contributed by atoms with E-state index in [4.69, 9.17) is 4.52 Å². The van der Waals surface area contributed by atoms with Gasteiger partial charge in [0.1, 0.15) is 5.76 Å². The van der Waals surface area contributed by atoms with Crippen LogP contribution in [0.15, 0.2) is 10.6 Å². The van der Waals surface area contributed by atoms with E-state index < -0.39 is 10.2 Å². The number of nitrogens with zero attached hydrogens (tertiary/aromatic N) is 3. The summed E-state index contributed by atoms with van der Waals surface area (Å²) in [6.45, 7) is 3.71. The van der Waals surface area contributed by atoms with E-state index in [1.165, 1.54) is 6.42 Å². The van der Waals surface area contributed by atoms with Gasteiger partial charge in [0.05, 0.1) is 0 Å². The maximum atomic E-state index is 13.2. The maximum Gasteiger partial charge on any atom is 0.282 e. The van der Waals surface area contributed by atoms with Crippen LogP contribution in [0.3, 0.4) is 0 Å². The first-order chi connectivity index (χ1) is 13.9. The lowest BCUT2D eigenvalue weighted by molar-refractivity contribution is 0.0903. The maximum absolute atomic E-state index is 13.2. The topological polar surface area (TPSA) is 95.7 Å². The molecule has 4 fully saturated rings. The molecule has 2 saturated carbocycles. The zero-order chi connectivity index (χ0) is 20.2. The van der Waals surface area contributed by atoms with Gasteiger partial charge in [-0.25, -0.2) is 0 Å². The predicted octanol–water partition coefficient (Wildman–Crippen LogP) is 2.11. The van der Waals surface area contributed by atoms with E-state index in [1.54, 1.807) is 14.7 Å². The van der Waals surface area contributed by atoms with Crippen molar-refractivity contribution in [2.24, 2.45) is 11.8 Å². The summed E-state index contributed by atoms with van der Waals surface area (Å²) in [4.78, 5) is 12.5. The molecule has 1 amide bonds. The van der Waals surface area contributed by atoms with Gasteiger partial charge in [-0.2, -0.15) is 17.0 Å². The van der Waals surface area contributed by atoms with E-state index in [9.17, 15) is 13.2 Å². The Morgan fingerprint density at radius 1 is 1.14 bits per heavy atom. The van der Waals surface area contributed by atoms with Crippen LogP contribution in [0.5, 0.6) is 0 Å². The molecule has 160 valence electrons. The van der Waals surface area contributed by atoms with Gasteiger partial charge in [-0.05, 0) is 63.7 Å². The van der Waals surface area contributed by atoms with Crippen LogP contribution < -0.4 is 5.32 Å². The Morgan fingerprint density at radius 3 is 2.52 bits per heavy atom. The number of hydrogen-bond donors (Lipinski definition) is 1. The van der Waals surface area contributed by atoms with Crippen molar-refractivity contribution in [3.63, 3.8) is 0 Å². The fraction of sp³-hybridized carbons (Fsp3) is 0.800. The Balaban J connectivity index is 1.19. The van der Waals surface area contributed by atoms with Crippen molar-refractivity contribution >= 4 is 16.1 Å². The molecule has 1 N–H and O–H groups in total. The lowest BCUT2D eigenvalue weighted by Gasteiger charge is -2.41. The van der Waals surface area contributed by atoms with Gasteiger partial charge in [0.25, 0.3) is 16.1 Å². The Hall–Kier alpha value is -1.45. The minimum absolute atomic E-state index is 0.0532. The largest absolute Gasteiger partial charge is 0.360 e. The number of rotatable bonds is 5. The molecule has 3 heterocycles. The average molecular weight is 423 g/mol. The second-order valence-electron chi connectivity index (χ2n) is 9.41. The fourth-order valence-corrected chi connectivity index (χ4v) is 7.31. The Bertz CT molecular complexity index is 869. The van der Waals surface area contributed by atoms with E-state index in [-0.39, 0.29) is 18.0 Å². The fourth-order valence-electron chi connectivity index (χ4n) is 5.34. The Morgan fingerprint density at radius 2 is 1.86 bits per heavy atom. The van der Waals surface area contributed by atoms with Gasteiger partial charge in [0.2, 0.25) is 0 Å². The van der Waals surface area contributed by atoms with E-state index in [1.807, 2.05) is 6.92 Å². The number of piperidine rings is 2. The quantitative estimate of drug-likeness (QED) is 0.784. The summed E-state index contributed by atoms with van der Waals surface area (Å²) >= 11 is 0. The summed E-state index contributed by atoms with van der Waals surface area (Å²) in [6.07, 6.45) is 6.91. The molecule has 1 aromatic rings. The van der Waals surface area contributed by atoms with Crippen molar-refractivity contribution in [1.29, 1.82) is 0 Å². The van der Waals surface area contributed by atoms with E-state index in [0.717, 1.165) is 31.4 Å². The summed E-state index contributed by atoms with van der Waals surface area (Å²) in [5.74, 6) is 2.03. The van der Waals surface area contributed by atoms with Crippen molar-refractivity contribution in [2.75, 3.05) is 19.6 Å². The van der Waals surface area contributed by atoms with Gasteiger partial charge in [-0.3, -0.25) is 4.79 Å². The molecule has 2 bridgehead atoms. The van der Waals surface area contributed by atoms with Gasteiger partial charge in [-0.1, -0.05) is 5.16 Å². The highest BCUT2D eigenvalue weighted by atomic mass is 32.2. The SMILES string of the molecule is C[C@H]1C[C@@H](NC(=O)c2cc(C3CC3)on2)CCN1S(=O)(=O)N1C[C@@H]2CC[C@@H](C2)C1. The molecule has 0 aromatic carbocycles. The molecular formula is C20H30N4O4S. The molecule has 8 nitrogen and oxygen atoms in total. The number of carbonyl (C=O) groups is 1. The lowest BCUT2D eigenvalue weighted by Crippen LogP contribution is -2.56. The molecule has 0 unspecified atom stereocenters. The average Bonchev–Trinajstić information content (AvgIpc) is 3.32. The molecule has 0 radical (unpaired) electrons. The van der Waals surface area contributed by atoms with Gasteiger partial charge < -0.3 is 9.84 Å². The van der Waals surface area contributed by atoms with Crippen molar-refractivity contribution in [3.8, 4) is 0 Å². The number of hydrogen-bond acceptors (Lipinski definition) is 5. The highest BCUT2D eigenvalue weighted by Gasteiger charge is 2.43. The first kappa shape index (κ1) is 19.5. The van der Waals surface area contributed by atoms with E-state index in [0.29, 0.717) is 55.9 Å². The van der Waals surface area contributed by atoms with Gasteiger partial charge in [-0.15, -0.1) is 0 Å². The van der Waals surface area contributed by atoms with Crippen LogP contribution in [0.1, 0.15) is 74.0 Å². The van der Waals surface area contributed by atoms with Crippen molar-refractivity contribution in [1.82, 2.24) is 19.1 Å². The molecular weight excluding hydrogens is 392 g/mol. The van der Waals surface area contributed by atoms with E-state index in [2.05, 4.69) is 10.5 Å². The van der Waals surface area contributed by atoms with Crippen LogP contribution in [-0.2, 0) is 10.2 Å². The molecule has 0 spiro atoms. The predicted molar refractivity (Wildman–Crippen MR) is 106 cm³/mol. The summed E-state index contributed by atoms with van der Waals surface area (Å²) in [5, 5.41) is 6.91. The van der Waals surface area contributed by atoms with Gasteiger partial charge >= 0.3 is 0 Å². The summed E-state index contributed by atoms with van der Waals surface area (Å²) in [5.41, 5.74) is 0.318. The third-order valence-corrected chi connectivity index (χ3v) is 9.17. The molecule has 1 aromatic heterocycles. The monoisotopic (exact) mass is 422 g/mol.